The third-order valence-electron chi connectivity index (χ3n) is 7.28. The summed E-state index contributed by atoms with van der Waals surface area (Å²) in [4.78, 5) is 8.33. The van der Waals surface area contributed by atoms with Crippen LogP contribution in [0.3, 0.4) is 0 Å². The van der Waals surface area contributed by atoms with E-state index in [-0.39, 0.29) is 18.0 Å². The van der Waals surface area contributed by atoms with Gasteiger partial charge < -0.3 is 9.67 Å². The second kappa shape index (κ2) is 7.25. The maximum Gasteiger partial charge on any atom is 0.185 e. The monoisotopic (exact) mass is 433 g/mol. The van der Waals surface area contributed by atoms with E-state index in [9.17, 15) is 9.50 Å². The lowest BCUT2D eigenvalue weighted by molar-refractivity contribution is 0.148. The molecule has 0 saturated heterocycles. The van der Waals surface area contributed by atoms with E-state index in [1.807, 2.05) is 21.8 Å². The smallest absolute Gasteiger partial charge is 0.185 e. The van der Waals surface area contributed by atoms with Crippen LogP contribution in [0.15, 0.2) is 49.7 Å². The SMILES string of the molecule is B[C@]12C[C@@H](C(=C)c3cnc(-c4ccc(-n5ccnc5)cc4O)nn3)[C@H](F)[C@](B)(C[C@H]1F)C2. The van der Waals surface area contributed by atoms with Gasteiger partial charge in [-0.2, -0.15) is 0 Å². The molecule has 0 radical (unpaired) electrons. The first-order valence-corrected chi connectivity index (χ1v) is 10.7. The fourth-order valence-corrected chi connectivity index (χ4v) is 5.58. The van der Waals surface area contributed by atoms with Crippen molar-refractivity contribution in [2.45, 2.75) is 42.2 Å². The molecule has 5 rings (SSSR count). The number of aromatic nitrogens is 5. The van der Waals surface area contributed by atoms with Gasteiger partial charge in [0.15, 0.2) is 5.82 Å². The minimum Gasteiger partial charge on any atom is -0.507 e. The van der Waals surface area contributed by atoms with Gasteiger partial charge in [0, 0.05) is 24.4 Å². The molecular formula is C22H23B2F2N5O. The summed E-state index contributed by atoms with van der Waals surface area (Å²) >= 11 is 0. The Morgan fingerprint density at radius 2 is 2.00 bits per heavy atom. The van der Waals surface area contributed by atoms with Crippen LogP contribution in [-0.2, 0) is 0 Å². The van der Waals surface area contributed by atoms with E-state index >= 15 is 4.39 Å². The molecule has 2 fully saturated rings. The minimum absolute atomic E-state index is 0.00657. The van der Waals surface area contributed by atoms with Crippen molar-refractivity contribution in [3.63, 3.8) is 0 Å². The Kier molecular flexibility index (Phi) is 4.72. The Bertz CT molecular complexity index is 1180. The van der Waals surface area contributed by atoms with E-state index in [0.29, 0.717) is 29.7 Å². The van der Waals surface area contributed by atoms with E-state index in [2.05, 4.69) is 26.7 Å². The first-order chi connectivity index (χ1) is 15.2. The first-order valence-electron chi connectivity index (χ1n) is 10.7. The molecule has 2 heterocycles. The van der Waals surface area contributed by atoms with Crippen molar-refractivity contribution in [3.8, 4) is 22.8 Å². The van der Waals surface area contributed by atoms with Gasteiger partial charge in [0.25, 0.3) is 0 Å². The zero-order chi connectivity index (χ0) is 22.7. The second-order valence-corrected chi connectivity index (χ2v) is 9.73. The largest absolute Gasteiger partial charge is 0.507 e. The van der Waals surface area contributed by atoms with Crippen LogP contribution in [0.5, 0.6) is 5.75 Å². The summed E-state index contributed by atoms with van der Waals surface area (Å²) in [6, 6.07) is 5.11. The summed E-state index contributed by atoms with van der Waals surface area (Å²) in [5, 5.41) is 17.6. The van der Waals surface area contributed by atoms with Crippen LogP contribution in [0.25, 0.3) is 22.6 Å². The number of rotatable bonds is 4. The molecule has 2 aromatic heterocycles. The van der Waals surface area contributed by atoms with E-state index in [1.54, 1.807) is 35.4 Å². The third-order valence-corrected chi connectivity index (χ3v) is 7.28. The van der Waals surface area contributed by atoms with Crippen molar-refractivity contribution in [1.82, 2.24) is 24.7 Å². The number of allylic oxidation sites excluding steroid dienone is 1. The number of aromatic hydroxyl groups is 1. The summed E-state index contributed by atoms with van der Waals surface area (Å²) in [6.07, 6.45) is 5.53. The molecule has 1 N–H and O–H groups in total. The molecule has 32 heavy (non-hydrogen) atoms. The zero-order valence-corrected chi connectivity index (χ0v) is 18.0. The standard InChI is InChI=1S/C22H23B2F2N5O/c1-12(15-7-21(23)10-22(24,19(15)26)8-18(21)25)16-9-28-20(30-29-16)14-3-2-13(6-17(14)32)31-5-4-27-11-31/h2-6,9,11,15,18-19,32H,1,7-8,10,23-24H2/t15-,18+,19-,21-,22-/m0/s1. The Morgan fingerprint density at radius 3 is 2.66 bits per heavy atom. The number of phenols is 1. The summed E-state index contributed by atoms with van der Waals surface area (Å²) in [6.45, 7) is 4.08. The topological polar surface area (TPSA) is 76.7 Å². The van der Waals surface area contributed by atoms with Gasteiger partial charge in [-0.1, -0.05) is 13.0 Å². The fraction of sp³-hybridized carbons (Fsp3) is 0.364. The first kappa shape index (κ1) is 20.8. The number of imidazole rings is 1. The highest BCUT2D eigenvalue weighted by molar-refractivity contribution is 6.21. The van der Waals surface area contributed by atoms with Gasteiger partial charge in [0.05, 0.1) is 29.9 Å². The zero-order valence-electron chi connectivity index (χ0n) is 18.0. The Hall–Kier alpha value is -3.03. The van der Waals surface area contributed by atoms with Gasteiger partial charge in [0.2, 0.25) is 0 Å². The Balaban J connectivity index is 1.39. The quantitative estimate of drug-likeness (QED) is 0.641. The Morgan fingerprint density at radius 1 is 1.19 bits per heavy atom. The molecule has 5 atom stereocenters. The molecule has 2 saturated carbocycles. The second-order valence-electron chi connectivity index (χ2n) is 9.73. The highest BCUT2D eigenvalue weighted by atomic mass is 19.1. The van der Waals surface area contributed by atoms with E-state index in [0.717, 1.165) is 5.69 Å². The molecule has 10 heteroatoms. The number of nitrogens with zero attached hydrogens (tertiary/aromatic N) is 5. The molecule has 0 amide bonds. The number of hydrogen-bond donors (Lipinski definition) is 1. The predicted molar refractivity (Wildman–Crippen MR) is 123 cm³/mol. The van der Waals surface area contributed by atoms with Crippen molar-refractivity contribution in [1.29, 1.82) is 0 Å². The number of hydrogen-bond acceptors (Lipinski definition) is 5. The molecule has 2 aliphatic carbocycles. The van der Waals surface area contributed by atoms with Crippen LogP contribution in [0.1, 0.15) is 25.0 Å². The third kappa shape index (κ3) is 3.24. The average molecular weight is 433 g/mol. The molecule has 6 nitrogen and oxygen atoms in total. The summed E-state index contributed by atoms with van der Waals surface area (Å²) in [5.74, 6) is -0.268. The lowest BCUT2D eigenvalue weighted by atomic mass is 9.49. The highest BCUT2D eigenvalue weighted by Gasteiger charge is 2.60. The van der Waals surface area contributed by atoms with Gasteiger partial charge in [-0.25, -0.2) is 18.7 Å². The summed E-state index contributed by atoms with van der Waals surface area (Å²) < 4.78 is 31.8. The molecule has 1 aromatic carbocycles. The van der Waals surface area contributed by atoms with Crippen LogP contribution >= 0.6 is 0 Å². The van der Waals surface area contributed by atoms with Crippen LogP contribution in [0.2, 0.25) is 10.6 Å². The van der Waals surface area contributed by atoms with Crippen molar-refractivity contribution in [2.24, 2.45) is 5.92 Å². The van der Waals surface area contributed by atoms with Crippen molar-refractivity contribution in [2.75, 3.05) is 0 Å². The van der Waals surface area contributed by atoms with Crippen molar-refractivity contribution in [3.05, 3.63) is 55.4 Å². The molecule has 2 aliphatic rings. The van der Waals surface area contributed by atoms with Gasteiger partial charge in [-0.3, -0.25) is 0 Å². The number of benzene rings is 1. The molecule has 3 aromatic rings. The Labute approximate surface area is 186 Å². The predicted octanol–water partition coefficient (Wildman–Crippen LogP) is 2.52. The van der Waals surface area contributed by atoms with Crippen molar-refractivity contribution < 1.29 is 13.9 Å². The molecule has 162 valence electrons. The molecule has 0 spiro atoms. The summed E-state index contributed by atoms with van der Waals surface area (Å²) in [5.41, 5.74) is 2.06. The molecule has 0 unspecified atom stereocenters. The molecule has 0 aliphatic heterocycles. The van der Waals surface area contributed by atoms with Gasteiger partial charge >= 0.3 is 0 Å². The van der Waals surface area contributed by atoms with Crippen LogP contribution in [-0.4, -0.2) is 57.9 Å². The van der Waals surface area contributed by atoms with E-state index < -0.39 is 28.9 Å². The van der Waals surface area contributed by atoms with Gasteiger partial charge in [-0.05, 0) is 41.2 Å². The maximum absolute atomic E-state index is 15.4. The fourth-order valence-electron chi connectivity index (χ4n) is 5.58. The lowest BCUT2D eigenvalue weighted by Crippen LogP contribution is -2.38. The number of halogens is 2. The van der Waals surface area contributed by atoms with E-state index in [1.165, 1.54) is 6.20 Å². The maximum atomic E-state index is 15.4. The van der Waals surface area contributed by atoms with Crippen molar-refractivity contribution >= 4 is 21.3 Å². The number of fused-ring (bicyclic) bond motifs is 2. The van der Waals surface area contributed by atoms with Gasteiger partial charge in [-0.15, -0.1) is 10.2 Å². The molecular weight excluding hydrogens is 410 g/mol. The van der Waals surface area contributed by atoms with Crippen LogP contribution in [0, 0.1) is 5.92 Å². The molecule has 2 bridgehead atoms. The van der Waals surface area contributed by atoms with Gasteiger partial charge in [0.1, 0.15) is 33.3 Å². The average Bonchev–Trinajstić information content (AvgIpc) is 3.37. The minimum atomic E-state index is -1.19. The van der Waals surface area contributed by atoms with E-state index in [4.69, 9.17) is 0 Å². The number of phenolic OH excluding ortho intramolecular Hbond substituents is 1. The summed E-state index contributed by atoms with van der Waals surface area (Å²) in [7, 11) is 3.73. The lowest BCUT2D eigenvalue weighted by Gasteiger charge is -2.43. The van der Waals surface area contributed by atoms with Crippen LogP contribution in [0.4, 0.5) is 8.78 Å². The highest BCUT2D eigenvalue weighted by Crippen LogP contribution is 2.68. The number of alkyl halides is 2. The van der Waals surface area contributed by atoms with Crippen LogP contribution < -0.4 is 0 Å². The normalized spacial score (nSPS) is 31.5.